The third-order valence-corrected chi connectivity index (χ3v) is 3.07. The van der Waals surface area contributed by atoms with E-state index < -0.39 is 0 Å². The Labute approximate surface area is 100 Å². The van der Waals surface area contributed by atoms with Gasteiger partial charge in [-0.1, -0.05) is 0 Å². The van der Waals surface area contributed by atoms with Crippen LogP contribution in [0.2, 0.25) is 0 Å². The average Bonchev–Trinajstić information content (AvgIpc) is 2.32. The molecule has 2 heterocycles. The van der Waals surface area contributed by atoms with Crippen molar-refractivity contribution in [3.8, 4) is 5.75 Å². The molecule has 1 fully saturated rings. The molecule has 1 N–H and O–H groups in total. The van der Waals surface area contributed by atoms with Gasteiger partial charge < -0.3 is 14.5 Å². The third-order valence-electron chi connectivity index (χ3n) is 3.07. The van der Waals surface area contributed by atoms with Gasteiger partial charge in [-0.05, 0) is 6.92 Å². The Morgan fingerprint density at radius 3 is 3.12 bits per heavy atom. The SMILES string of the molecule is COc1coc(CN2CCNC[C@H]2C)cc1=O. The lowest BCUT2D eigenvalue weighted by molar-refractivity contribution is 0.152. The molecule has 2 rings (SSSR count). The van der Waals surface area contributed by atoms with Crippen LogP contribution in [0.5, 0.6) is 5.75 Å². The molecule has 94 valence electrons. The maximum atomic E-state index is 11.6. The number of piperazine rings is 1. The van der Waals surface area contributed by atoms with Crippen molar-refractivity contribution in [2.45, 2.75) is 19.5 Å². The van der Waals surface area contributed by atoms with Gasteiger partial charge in [0.2, 0.25) is 11.2 Å². The molecule has 0 saturated carbocycles. The molecular formula is C12H18N2O3. The molecule has 17 heavy (non-hydrogen) atoms. The molecule has 5 heteroatoms. The summed E-state index contributed by atoms with van der Waals surface area (Å²) in [6.07, 6.45) is 1.38. The van der Waals surface area contributed by atoms with Crippen molar-refractivity contribution >= 4 is 0 Å². The van der Waals surface area contributed by atoms with Gasteiger partial charge in [0.05, 0.1) is 13.7 Å². The zero-order chi connectivity index (χ0) is 12.3. The van der Waals surface area contributed by atoms with Gasteiger partial charge >= 0.3 is 0 Å². The van der Waals surface area contributed by atoms with Gasteiger partial charge in [0, 0.05) is 31.7 Å². The van der Waals surface area contributed by atoms with Crippen LogP contribution in [0, 0.1) is 0 Å². The summed E-state index contributed by atoms with van der Waals surface area (Å²) in [5.41, 5.74) is -0.128. The van der Waals surface area contributed by atoms with Crippen LogP contribution >= 0.6 is 0 Å². The minimum absolute atomic E-state index is 0.128. The molecule has 1 aromatic rings. The topological polar surface area (TPSA) is 54.7 Å². The normalized spacial score (nSPS) is 21.4. The molecule has 1 saturated heterocycles. The Morgan fingerprint density at radius 2 is 2.47 bits per heavy atom. The van der Waals surface area contributed by atoms with Gasteiger partial charge in [0.15, 0.2) is 0 Å². The predicted octanol–water partition coefficient (Wildman–Crippen LogP) is 0.442. The highest BCUT2D eigenvalue weighted by Crippen LogP contribution is 2.11. The summed E-state index contributed by atoms with van der Waals surface area (Å²) in [5, 5.41) is 3.33. The summed E-state index contributed by atoms with van der Waals surface area (Å²) in [6, 6.07) is 1.96. The summed E-state index contributed by atoms with van der Waals surface area (Å²) in [6.45, 7) is 5.75. The standard InChI is InChI=1S/C12H18N2O3/c1-9-6-13-3-4-14(9)7-10-5-11(15)12(16-2)8-17-10/h5,8-9,13H,3-4,6-7H2,1-2H3/t9-/m1/s1. The van der Waals surface area contributed by atoms with Gasteiger partial charge in [0.1, 0.15) is 12.0 Å². The first kappa shape index (κ1) is 12.1. The fraction of sp³-hybridized carbons (Fsp3) is 0.583. The van der Waals surface area contributed by atoms with E-state index in [1.165, 1.54) is 19.4 Å². The highest BCUT2D eigenvalue weighted by molar-refractivity contribution is 5.17. The van der Waals surface area contributed by atoms with Gasteiger partial charge in [-0.15, -0.1) is 0 Å². The number of ether oxygens (including phenoxy) is 1. The summed E-state index contributed by atoms with van der Waals surface area (Å²) in [4.78, 5) is 13.9. The largest absolute Gasteiger partial charge is 0.490 e. The Kier molecular flexibility index (Phi) is 3.81. The van der Waals surface area contributed by atoms with Crippen LogP contribution in [0.4, 0.5) is 0 Å². The second kappa shape index (κ2) is 5.33. The summed E-state index contributed by atoms with van der Waals surface area (Å²) in [7, 11) is 1.46. The lowest BCUT2D eigenvalue weighted by atomic mass is 10.2. The predicted molar refractivity (Wildman–Crippen MR) is 64.3 cm³/mol. The van der Waals surface area contributed by atoms with E-state index >= 15 is 0 Å². The number of nitrogens with zero attached hydrogens (tertiary/aromatic N) is 1. The fourth-order valence-electron chi connectivity index (χ4n) is 1.99. The molecular weight excluding hydrogens is 220 g/mol. The first-order valence-electron chi connectivity index (χ1n) is 5.81. The van der Waals surface area contributed by atoms with E-state index in [-0.39, 0.29) is 11.2 Å². The quantitative estimate of drug-likeness (QED) is 0.828. The van der Waals surface area contributed by atoms with Crippen molar-refractivity contribution in [1.82, 2.24) is 10.2 Å². The molecule has 0 spiro atoms. The number of hydrogen-bond acceptors (Lipinski definition) is 5. The van der Waals surface area contributed by atoms with E-state index in [0.29, 0.717) is 18.3 Å². The maximum absolute atomic E-state index is 11.6. The molecule has 1 aliphatic rings. The van der Waals surface area contributed by atoms with Crippen molar-refractivity contribution in [2.75, 3.05) is 26.7 Å². The zero-order valence-corrected chi connectivity index (χ0v) is 10.2. The second-order valence-electron chi connectivity index (χ2n) is 4.30. The highest BCUT2D eigenvalue weighted by atomic mass is 16.5. The number of nitrogens with one attached hydrogen (secondary N) is 1. The van der Waals surface area contributed by atoms with Gasteiger partial charge in [-0.2, -0.15) is 0 Å². The Balaban J connectivity index is 2.08. The molecule has 0 amide bonds. The zero-order valence-electron chi connectivity index (χ0n) is 10.2. The lowest BCUT2D eigenvalue weighted by Gasteiger charge is -2.33. The Hall–Kier alpha value is -1.33. The van der Waals surface area contributed by atoms with Crippen LogP contribution in [0.1, 0.15) is 12.7 Å². The van der Waals surface area contributed by atoms with Crippen molar-refractivity contribution in [2.24, 2.45) is 0 Å². The number of hydrogen-bond donors (Lipinski definition) is 1. The third kappa shape index (κ3) is 2.87. The molecule has 0 aliphatic carbocycles. The van der Waals surface area contributed by atoms with Crippen LogP contribution in [0.25, 0.3) is 0 Å². The lowest BCUT2D eigenvalue weighted by Crippen LogP contribution is -2.49. The first-order chi connectivity index (χ1) is 8.20. The molecule has 1 atom stereocenters. The molecule has 0 radical (unpaired) electrons. The van der Waals surface area contributed by atoms with Crippen LogP contribution in [0.15, 0.2) is 21.5 Å². The van der Waals surface area contributed by atoms with Crippen molar-refractivity contribution in [3.63, 3.8) is 0 Å². The average molecular weight is 238 g/mol. The summed E-state index contributed by atoms with van der Waals surface area (Å²) >= 11 is 0. The van der Waals surface area contributed by atoms with Crippen LogP contribution in [-0.4, -0.2) is 37.7 Å². The van der Waals surface area contributed by atoms with Crippen molar-refractivity contribution in [3.05, 3.63) is 28.3 Å². The minimum Gasteiger partial charge on any atom is -0.490 e. The maximum Gasteiger partial charge on any atom is 0.227 e. The fourth-order valence-corrected chi connectivity index (χ4v) is 1.99. The number of methoxy groups -OCH3 is 1. The number of rotatable bonds is 3. The van der Waals surface area contributed by atoms with Crippen molar-refractivity contribution < 1.29 is 9.15 Å². The van der Waals surface area contributed by atoms with E-state index in [2.05, 4.69) is 17.1 Å². The second-order valence-corrected chi connectivity index (χ2v) is 4.30. The van der Waals surface area contributed by atoms with Crippen molar-refractivity contribution in [1.29, 1.82) is 0 Å². The molecule has 0 aromatic carbocycles. The first-order valence-corrected chi connectivity index (χ1v) is 5.81. The van der Waals surface area contributed by atoms with E-state index in [4.69, 9.17) is 9.15 Å². The van der Waals surface area contributed by atoms with E-state index in [0.717, 1.165) is 19.6 Å². The monoisotopic (exact) mass is 238 g/mol. The van der Waals surface area contributed by atoms with Gasteiger partial charge in [-0.3, -0.25) is 9.69 Å². The highest BCUT2D eigenvalue weighted by Gasteiger charge is 2.19. The summed E-state index contributed by atoms with van der Waals surface area (Å²) in [5.74, 6) is 0.937. The van der Waals surface area contributed by atoms with Crippen LogP contribution in [0.3, 0.4) is 0 Å². The van der Waals surface area contributed by atoms with Crippen LogP contribution in [-0.2, 0) is 6.54 Å². The summed E-state index contributed by atoms with van der Waals surface area (Å²) < 4.78 is 10.3. The van der Waals surface area contributed by atoms with E-state index in [1.54, 1.807) is 0 Å². The van der Waals surface area contributed by atoms with Crippen LogP contribution < -0.4 is 15.5 Å². The molecule has 1 aromatic heterocycles. The smallest absolute Gasteiger partial charge is 0.227 e. The molecule has 0 unspecified atom stereocenters. The minimum atomic E-state index is -0.128. The van der Waals surface area contributed by atoms with E-state index in [1.807, 2.05) is 0 Å². The Bertz CT molecular complexity index is 430. The van der Waals surface area contributed by atoms with E-state index in [9.17, 15) is 4.79 Å². The molecule has 0 bridgehead atoms. The van der Waals surface area contributed by atoms with Gasteiger partial charge in [0.25, 0.3) is 0 Å². The molecule has 5 nitrogen and oxygen atoms in total. The molecule has 1 aliphatic heterocycles. The van der Waals surface area contributed by atoms with Gasteiger partial charge in [-0.25, -0.2) is 0 Å². The Morgan fingerprint density at radius 1 is 1.65 bits per heavy atom.